The van der Waals surface area contributed by atoms with Crippen LogP contribution in [0.5, 0.6) is 0 Å². The minimum atomic E-state index is -0.528. The fraction of sp³-hybridized carbons (Fsp3) is 0.321. The van der Waals surface area contributed by atoms with Crippen LogP contribution in [0.3, 0.4) is 0 Å². The van der Waals surface area contributed by atoms with Gasteiger partial charge in [0.05, 0.1) is 29.6 Å². The summed E-state index contributed by atoms with van der Waals surface area (Å²) in [5, 5.41) is 15.4. The molecule has 0 saturated carbocycles. The van der Waals surface area contributed by atoms with Gasteiger partial charge in [-0.2, -0.15) is 5.26 Å². The number of ether oxygens (including phenoxy) is 1. The minimum Gasteiger partial charge on any atom is -0.380 e. The zero-order valence-electron chi connectivity index (χ0n) is 20.1. The lowest BCUT2D eigenvalue weighted by Crippen LogP contribution is -2.35. The first kappa shape index (κ1) is 24.4. The van der Waals surface area contributed by atoms with Crippen molar-refractivity contribution in [2.24, 2.45) is 0 Å². The highest BCUT2D eigenvalue weighted by Crippen LogP contribution is 2.23. The number of carbonyl (C=O) groups is 1. The number of nitrogens with zero attached hydrogens (tertiary/aromatic N) is 3. The highest BCUT2D eigenvalue weighted by molar-refractivity contribution is 5.94. The maximum Gasteiger partial charge on any atom is 0.247 e. The molecule has 1 aromatic heterocycles. The topological polar surface area (TPSA) is 90.3 Å². The summed E-state index contributed by atoms with van der Waals surface area (Å²) in [6.45, 7) is 4.48. The Kier molecular flexibility index (Phi) is 8.09. The first-order chi connectivity index (χ1) is 17.1. The van der Waals surface area contributed by atoms with Crippen LogP contribution in [0.25, 0.3) is 0 Å². The second-order valence-electron chi connectivity index (χ2n) is 8.87. The lowest BCUT2D eigenvalue weighted by molar-refractivity contribution is -0.118. The molecule has 1 unspecified atom stereocenters. The van der Waals surface area contributed by atoms with Crippen molar-refractivity contribution in [1.29, 1.82) is 5.26 Å². The Morgan fingerprint density at radius 1 is 1.14 bits per heavy atom. The molecule has 180 valence electrons. The number of rotatable bonds is 9. The molecule has 4 rings (SSSR count). The predicted octanol–water partition coefficient (Wildman–Crippen LogP) is 4.25. The number of aromatic nitrogens is 1. The first-order valence-electron chi connectivity index (χ1n) is 11.9. The summed E-state index contributed by atoms with van der Waals surface area (Å²) in [5.41, 5.74) is 3.66. The molecule has 2 N–H and O–H groups in total. The molecule has 35 heavy (non-hydrogen) atoms. The molecule has 1 aliphatic heterocycles. The highest BCUT2D eigenvalue weighted by Gasteiger charge is 2.24. The summed E-state index contributed by atoms with van der Waals surface area (Å²) in [7, 11) is 1.74. The van der Waals surface area contributed by atoms with Crippen molar-refractivity contribution in [1.82, 2.24) is 10.3 Å². The van der Waals surface area contributed by atoms with E-state index >= 15 is 0 Å². The van der Waals surface area contributed by atoms with Gasteiger partial charge in [-0.1, -0.05) is 49.4 Å². The normalized spacial score (nSPS) is 16.9. The van der Waals surface area contributed by atoms with E-state index in [1.165, 1.54) is 0 Å². The highest BCUT2D eigenvalue weighted by atomic mass is 16.5. The molecule has 3 atom stereocenters. The number of carbonyl (C=O) groups excluding carboxylic acids is 1. The van der Waals surface area contributed by atoms with Gasteiger partial charge in [0, 0.05) is 26.7 Å². The van der Waals surface area contributed by atoms with Gasteiger partial charge in [-0.25, -0.2) is 4.98 Å². The van der Waals surface area contributed by atoms with Gasteiger partial charge in [0.15, 0.2) is 0 Å². The summed E-state index contributed by atoms with van der Waals surface area (Å²) in [4.78, 5) is 20.0. The molecule has 1 fully saturated rings. The van der Waals surface area contributed by atoms with Gasteiger partial charge in [-0.15, -0.1) is 0 Å². The van der Waals surface area contributed by atoms with Crippen molar-refractivity contribution in [2.45, 2.75) is 31.4 Å². The summed E-state index contributed by atoms with van der Waals surface area (Å²) >= 11 is 0. The molecule has 7 nitrogen and oxygen atoms in total. The number of amides is 1. The van der Waals surface area contributed by atoms with Crippen LogP contribution >= 0.6 is 0 Å². The Balaban J connectivity index is 1.42. The number of benzene rings is 2. The largest absolute Gasteiger partial charge is 0.380 e. The molecule has 0 bridgehead atoms. The van der Waals surface area contributed by atoms with E-state index in [1.807, 2.05) is 66.7 Å². The maximum atomic E-state index is 13.3. The van der Waals surface area contributed by atoms with Crippen LogP contribution in [0, 0.1) is 11.3 Å². The standard InChI is InChI=1S/C28H31N5O2/c1-20(22-10-8-21(16-29)9-11-22)17-31-27(23-6-4-3-5-7-23)28(34)32-26-13-12-24(18-30-26)33-15-14-25(19-33)35-2/h3-13,18,20,25,27,31H,14-15,17,19H2,1-2H3,(H,30,32,34)/t20-,25+,27?/m0/s1. The van der Waals surface area contributed by atoms with Crippen LogP contribution in [0.1, 0.15) is 42.0 Å². The van der Waals surface area contributed by atoms with E-state index in [0.717, 1.165) is 36.3 Å². The van der Waals surface area contributed by atoms with Crippen molar-refractivity contribution in [3.8, 4) is 6.07 Å². The molecule has 1 aliphatic rings. The molecule has 2 heterocycles. The van der Waals surface area contributed by atoms with Crippen LogP contribution < -0.4 is 15.5 Å². The number of hydrogen-bond donors (Lipinski definition) is 2. The summed E-state index contributed by atoms with van der Waals surface area (Å²) in [6, 6.07) is 22.7. The van der Waals surface area contributed by atoms with Crippen LogP contribution in [0.2, 0.25) is 0 Å². The molecule has 0 spiro atoms. The Morgan fingerprint density at radius 2 is 1.91 bits per heavy atom. The lowest BCUT2D eigenvalue weighted by Gasteiger charge is -2.22. The molecular weight excluding hydrogens is 438 g/mol. The number of methoxy groups -OCH3 is 1. The number of pyridine rings is 1. The number of nitrogens with one attached hydrogen (secondary N) is 2. The Bertz CT molecular complexity index is 1140. The average Bonchev–Trinajstić information content (AvgIpc) is 3.39. The van der Waals surface area contributed by atoms with E-state index < -0.39 is 6.04 Å². The fourth-order valence-corrected chi connectivity index (χ4v) is 4.31. The molecule has 0 aliphatic carbocycles. The second-order valence-corrected chi connectivity index (χ2v) is 8.87. The van der Waals surface area contributed by atoms with E-state index in [1.54, 1.807) is 13.3 Å². The van der Waals surface area contributed by atoms with E-state index in [2.05, 4.69) is 33.5 Å². The van der Waals surface area contributed by atoms with E-state index in [4.69, 9.17) is 10.00 Å². The first-order valence-corrected chi connectivity index (χ1v) is 11.9. The van der Waals surface area contributed by atoms with E-state index in [-0.39, 0.29) is 17.9 Å². The number of anilines is 2. The third-order valence-electron chi connectivity index (χ3n) is 6.47. The van der Waals surface area contributed by atoms with Crippen molar-refractivity contribution >= 4 is 17.4 Å². The van der Waals surface area contributed by atoms with Gasteiger partial charge >= 0.3 is 0 Å². The molecule has 1 saturated heterocycles. The molecule has 1 amide bonds. The fourth-order valence-electron chi connectivity index (χ4n) is 4.31. The van der Waals surface area contributed by atoms with E-state index in [0.29, 0.717) is 17.9 Å². The Morgan fingerprint density at radius 3 is 2.54 bits per heavy atom. The van der Waals surface area contributed by atoms with Crippen LogP contribution in [0.4, 0.5) is 11.5 Å². The zero-order valence-corrected chi connectivity index (χ0v) is 20.1. The van der Waals surface area contributed by atoms with Crippen molar-refractivity contribution in [3.63, 3.8) is 0 Å². The summed E-state index contributed by atoms with van der Waals surface area (Å²) in [5.74, 6) is 0.517. The van der Waals surface area contributed by atoms with Crippen LogP contribution in [-0.2, 0) is 9.53 Å². The van der Waals surface area contributed by atoms with Gasteiger partial charge in [0.25, 0.3) is 0 Å². The van der Waals surface area contributed by atoms with Crippen molar-refractivity contribution < 1.29 is 9.53 Å². The van der Waals surface area contributed by atoms with Gasteiger partial charge in [0.1, 0.15) is 11.9 Å². The van der Waals surface area contributed by atoms with Gasteiger partial charge in [-0.3, -0.25) is 4.79 Å². The third kappa shape index (κ3) is 6.24. The summed E-state index contributed by atoms with van der Waals surface area (Å²) < 4.78 is 5.45. The number of hydrogen-bond acceptors (Lipinski definition) is 6. The average molecular weight is 470 g/mol. The van der Waals surface area contributed by atoms with Crippen LogP contribution in [0.15, 0.2) is 72.9 Å². The Hall–Kier alpha value is -3.73. The van der Waals surface area contributed by atoms with Gasteiger partial charge < -0.3 is 20.3 Å². The zero-order chi connectivity index (χ0) is 24.6. The van der Waals surface area contributed by atoms with Crippen LogP contribution in [-0.4, -0.2) is 43.7 Å². The molecule has 2 aromatic carbocycles. The number of nitriles is 1. The molecule has 3 aromatic rings. The third-order valence-corrected chi connectivity index (χ3v) is 6.47. The van der Waals surface area contributed by atoms with Gasteiger partial charge in [-0.05, 0) is 47.7 Å². The predicted molar refractivity (Wildman–Crippen MR) is 137 cm³/mol. The smallest absolute Gasteiger partial charge is 0.247 e. The Labute approximate surface area is 206 Å². The monoisotopic (exact) mass is 469 g/mol. The maximum absolute atomic E-state index is 13.3. The minimum absolute atomic E-state index is 0.163. The lowest BCUT2D eigenvalue weighted by atomic mass is 9.98. The SMILES string of the molecule is CO[C@@H]1CCN(c2ccc(NC(=O)C(NC[C@H](C)c3ccc(C#N)cc3)c3ccccc3)nc2)C1. The molecular formula is C28H31N5O2. The molecule has 7 heteroatoms. The van der Waals surface area contributed by atoms with E-state index in [9.17, 15) is 4.79 Å². The molecule has 0 radical (unpaired) electrons. The quantitative estimate of drug-likeness (QED) is 0.487. The summed E-state index contributed by atoms with van der Waals surface area (Å²) in [6.07, 6.45) is 3.05. The van der Waals surface area contributed by atoms with Crippen molar-refractivity contribution in [2.75, 3.05) is 37.0 Å². The van der Waals surface area contributed by atoms with Gasteiger partial charge in [0.2, 0.25) is 5.91 Å². The second kappa shape index (κ2) is 11.6. The van der Waals surface area contributed by atoms with Crippen molar-refractivity contribution in [3.05, 3.63) is 89.6 Å².